The summed E-state index contributed by atoms with van der Waals surface area (Å²) in [5, 5.41) is 8.38. The normalized spacial score (nSPS) is 11.4. The Morgan fingerprint density at radius 3 is 1.44 bits per heavy atom. The zero-order chi connectivity index (χ0) is 26.5. The van der Waals surface area contributed by atoms with Crippen LogP contribution in [0, 0.1) is 10.8 Å². The number of carbonyl (C=O) groups excluding carboxylic acids is 2. The number of carboxylic acid groups (broad SMARTS) is 1. The molecule has 7 heteroatoms. The van der Waals surface area contributed by atoms with Crippen molar-refractivity contribution in [2.75, 3.05) is 26.4 Å². The number of aliphatic carboxylic acids is 1. The second-order valence-electron chi connectivity index (χ2n) is 9.98. The lowest BCUT2D eigenvalue weighted by molar-refractivity contribution is -0.155. The molecule has 0 aliphatic heterocycles. The van der Waals surface area contributed by atoms with Gasteiger partial charge in [0.15, 0.2) is 0 Å². The summed E-state index contributed by atoms with van der Waals surface area (Å²) in [6.07, 6.45) is 9.68. The fourth-order valence-electron chi connectivity index (χ4n) is 2.43. The molecule has 0 bridgehead atoms. The molecular formula is C27H52O7. The fourth-order valence-corrected chi connectivity index (χ4v) is 2.43. The van der Waals surface area contributed by atoms with Gasteiger partial charge in [-0.05, 0) is 72.6 Å². The van der Waals surface area contributed by atoms with Crippen LogP contribution >= 0.6 is 0 Å². The van der Waals surface area contributed by atoms with Crippen molar-refractivity contribution in [1.29, 1.82) is 0 Å². The van der Waals surface area contributed by atoms with E-state index in [-0.39, 0.29) is 23.8 Å². The Morgan fingerprint density at radius 1 is 0.618 bits per heavy atom. The Kier molecular flexibility index (Phi) is 21.0. The molecule has 0 aromatic rings. The van der Waals surface area contributed by atoms with E-state index in [1.807, 2.05) is 41.5 Å². The SMILES string of the molecule is CCC(C)(C)C(=O)OCCCCC(=O)O.CCCCCCOCCCCOC(=O)C(C)(C)CC. The number of unbranched alkanes of at least 4 members (excludes halogenated alkanes) is 5. The van der Waals surface area contributed by atoms with Gasteiger partial charge in [0.05, 0.1) is 24.0 Å². The van der Waals surface area contributed by atoms with E-state index in [4.69, 9.17) is 19.3 Å². The van der Waals surface area contributed by atoms with Gasteiger partial charge < -0.3 is 19.3 Å². The molecule has 0 fully saturated rings. The number of carboxylic acids is 1. The molecule has 0 heterocycles. The van der Waals surface area contributed by atoms with E-state index in [0.717, 1.165) is 45.3 Å². The number of ether oxygens (including phenoxy) is 3. The summed E-state index contributed by atoms with van der Waals surface area (Å²) >= 11 is 0. The van der Waals surface area contributed by atoms with Crippen LogP contribution in [0.25, 0.3) is 0 Å². The van der Waals surface area contributed by atoms with Crippen molar-refractivity contribution in [1.82, 2.24) is 0 Å². The van der Waals surface area contributed by atoms with Gasteiger partial charge in [-0.1, -0.05) is 40.0 Å². The first-order chi connectivity index (χ1) is 15.9. The van der Waals surface area contributed by atoms with Crippen LogP contribution in [0.2, 0.25) is 0 Å². The van der Waals surface area contributed by atoms with Crippen LogP contribution in [0.4, 0.5) is 0 Å². The summed E-state index contributed by atoms with van der Waals surface area (Å²) in [6, 6.07) is 0. The van der Waals surface area contributed by atoms with E-state index < -0.39 is 11.4 Å². The van der Waals surface area contributed by atoms with Crippen molar-refractivity contribution in [2.45, 2.75) is 119 Å². The maximum atomic E-state index is 11.7. The summed E-state index contributed by atoms with van der Waals surface area (Å²) in [4.78, 5) is 33.3. The van der Waals surface area contributed by atoms with Crippen molar-refractivity contribution in [3.8, 4) is 0 Å². The quantitative estimate of drug-likeness (QED) is 0.162. The first-order valence-electron chi connectivity index (χ1n) is 13.1. The number of hydrogen-bond donors (Lipinski definition) is 1. The third-order valence-electron chi connectivity index (χ3n) is 5.95. The Bertz CT molecular complexity index is 541. The predicted octanol–water partition coefficient (Wildman–Crippen LogP) is 6.56. The van der Waals surface area contributed by atoms with E-state index in [9.17, 15) is 14.4 Å². The molecule has 0 amide bonds. The van der Waals surface area contributed by atoms with Crippen molar-refractivity contribution < 1.29 is 33.7 Å². The molecule has 0 saturated carbocycles. The van der Waals surface area contributed by atoms with Gasteiger partial charge in [0.2, 0.25) is 0 Å². The predicted molar refractivity (Wildman–Crippen MR) is 136 cm³/mol. The lowest BCUT2D eigenvalue weighted by atomic mass is 9.91. The number of esters is 2. The Morgan fingerprint density at radius 2 is 1.03 bits per heavy atom. The standard InChI is InChI=1S/C16H32O3.C11H20O4/c1-5-7-8-9-12-18-13-10-11-14-19-15(17)16(3,4)6-2;1-4-11(2,3)10(14)15-8-6-5-7-9(12)13/h5-14H2,1-4H3;4-8H2,1-3H3,(H,12,13). The highest BCUT2D eigenvalue weighted by molar-refractivity contribution is 5.76. The number of rotatable bonds is 19. The van der Waals surface area contributed by atoms with Crippen molar-refractivity contribution in [2.24, 2.45) is 10.8 Å². The molecule has 0 aliphatic carbocycles. The van der Waals surface area contributed by atoms with Gasteiger partial charge >= 0.3 is 17.9 Å². The zero-order valence-electron chi connectivity index (χ0n) is 23.0. The summed E-state index contributed by atoms with van der Waals surface area (Å²) in [7, 11) is 0. The monoisotopic (exact) mass is 488 g/mol. The molecule has 34 heavy (non-hydrogen) atoms. The maximum Gasteiger partial charge on any atom is 0.311 e. The first-order valence-corrected chi connectivity index (χ1v) is 13.1. The van der Waals surface area contributed by atoms with Crippen LogP contribution in [0.3, 0.4) is 0 Å². The molecule has 0 aromatic heterocycles. The minimum atomic E-state index is -0.810. The number of carbonyl (C=O) groups is 3. The molecule has 0 rings (SSSR count). The largest absolute Gasteiger partial charge is 0.481 e. The molecule has 0 unspecified atom stereocenters. The van der Waals surface area contributed by atoms with Gasteiger partial charge in [-0.2, -0.15) is 0 Å². The average molecular weight is 489 g/mol. The van der Waals surface area contributed by atoms with E-state index in [0.29, 0.717) is 26.1 Å². The minimum Gasteiger partial charge on any atom is -0.481 e. The molecule has 202 valence electrons. The Labute approximate surface area is 208 Å². The molecule has 0 spiro atoms. The highest BCUT2D eigenvalue weighted by Crippen LogP contribution is 2.22. The molecular weight excluding hydrogens is 436 g/mol. The van der Waals surface area contributed by atoms with Crippen LogP contribution in [0.15, 0.2) is 0 Å². The first kappa shape index (κ1) is 34.5. The van der Waals surface area contributed by atoms with Crippen LogP contribution in [-0.2, 0) is 28.6 Å². The molecule has 1 N–H and O–H groups in total. The Balaban J connectivity index is 0. The second kappa shape index (κ2) is 20.7. The molecule has 0 saturated heterocycles. The Hall–Kier alpha value is -1.63. The topological polar surface area (TPSA) is 99.1 Å². The van der Waals surface area contributed by atoms with Gasteiger partial charge in [-0.15, -0.1) is 0 Å². The summed E-state index contributed by atoms with van der Waals surface area (Å²) in [5.41, 5.74) is -0.789. The second-order valence-corrected chi connectivity index (χ2v) is 9.98. The summed E-state index contributed by atoms with van der Waals surface area (Å²) in [5.74, 6) is -1.11. The third-order valence-corrected chi connectivity index (χ3v) is 5.95. The molecule has 0 radical (unpaired) electrons. The molecule has 7 nitrogen and oxygen atoms in total. The average Bonchev–Trinajstić information content (AvgIpc) is 2.79. The van der Waals surface area contributed by atoms with Gasteiger partial charge in [-0.25, -0.2) is 0 Å². The van der Waals surface area contributed by atoms with Gasteiger partial charge in [-0.3, -0.25) is 14.4 Å². The van der Waals surface area contributed by atoms with Crippen molar-refractivity contribution >= 4 is 17.9 Å². The third kappa shape index (κ3) is 19.8. The summed E-state index contributed by atoms with van der Waals surface area (Å²) < 4.78 is 15.8. The van der Waals surface area contributed by atoms with E-state index in [1.54, 1.807) is 0 Å². The van der Waals surface area contributed by atoms with Gasteiger partial charge in [0.1, 0.15) is 0 Å². The van der Waals surface area contributed by atoms with Gasteiger partial charge in [0, 0.05) is 19.6 Å². The highest BCUT2D eigenvalue weighted by Gasteiger charge is 2.27. The fraction of sp³-hybridized carbons (Fsp3) is 0.889. The van der Waals surface area contributed by atoms with Crippen LogP contribution in [-0.4, -0.2) is 49.4 Å². The van der Waals surface area contributed by atoms with E-state index >= 15 is 0 Å². The minimum absolute atomic E-state index is 0.0875. The van der Waals surface area contributed by atoms with Crippen LogP contribution in [0.5, 0.6) is 0 Å². The summed E-state index contributed by atoms with van der Waals surface area (Å²) in [6.45, 7) is 16.2. The van der Waals surface area contributed by atoms with Crippen LogP contribution < -0.4 is 0 Å². The zero-order valence-corrected chi connectivity index (χ0v) is 23.0. The lowest BCUT2D eigenvalue weighted by Gasteiger charge is -2.20. The van der Waals surface area contributed by atoms with Gasteiger partial charge in [0.25, 0.3) is 0 Å². The molecule has 0 atom stereocenters. The smallest absolute Gasteiger partial charge is 0.311 e. The molecule has 0 aliphatic rings. The highest BCUT2D eigenvalue weighted by atomic mass is 16.5. The maximum absolute atomic E-state index is 11.7. The molecule has 0 aromatic carbocycles. The van der Waals surface area contributed by atoms with E-state index in [1.165, 1.54) is 19.3 Å². The van der Waals surface area contributed by atoms with Crippen LogP contribution in [0.1, 0.15) is 119 Å². The van der Waals surface area contributed by atoms with E-state index in [2.05, 4.69) is 6.92 Å². The van der Waals surface area contributed by atoms with Crippen molar-refractivity contribution in [3.05, 3.63) is 0 Å². The van der Waals surface area contributed by atoms with Crippen molar-refractivity contribution in [3.63, 3.8) is 0 Å². The lowest BCUT2D eigenvalue weighted by Crippen LogP contribution is -2.26. The number of hydrogen-bond acceptors (Lipinski definition) is 6.